The van der Waals surface area contributed by atoms with Gasteiger partial charge < -0.3 is 21.4 Å². The van der Waals surface area contributed by atoms with Crippen LogP contribution in [-0.4, -0.2) is 28.1 Å². The molecule has 1 amide bonds. The monoisotopic (exact) mass is 301 g/mol. The van der Waals surface area contributed by atoms with Gasteiger partial charge in [0.2, 0.25) is 0 Å². The van der Waals surface area contributed by atoms with Gasteiger partial charge in [-0.05, 0) is 41.1 Å². The minimum Gasteiger partial charge on any atom is -0.507 e. The van der Waals surface area contributed by atoms with Crippen LogP contribution in [-0.2, 0) is 0 Å². The molecule has 0 bridgehead atoms. The number of carbonyl (C=O) groups excluding carboxylic acids is 1. The van der Waals surface area contributed by atoms with E-state index in [0.29, 0.717) is 4.47 Å². The highest BCUT2D eigenvalue weighted by Gasteiger charge is 2.13. The SMILES string of the molecule is CC(NC(=O)c1ccc(Br)c(O)c1)/C(N)=N/O. The number of nitrogens with zero attached hydrogens (tertiary/aromatic N) is 1. The summed E-state index contributed by atoms with van der Waals surface area (Å²) < 4.78 is 0.499. The highest BCUT2D eigenvalue weighted by molar-refractivity contribution is 9.10. The zero-order chi connectivity index (χ0) is 13.0. The van der Waals surface area contributed by atoms with Crippen molar-refractivity contribution in [3.05, 3.63) is 28.2 Å². The molecule has 92 valence electrons. The van der Waals surface area contributed by atoms with Crippen LogP contribution in [0.25, 0.3) is 0 Å². The fraction of sp³-hybridized carbons (Fsp3) is 0.200. The molecule has 0 saturated carbocycles. The highest BCUT2D eigenvalue weighted by Crippen LogP contribution is 2.24. The average Bonchev–Trinajstić information content (AvgIpc) is 2.31. The molecule has 0 aliphatic carbocycles. The maximum absolute atomic E-state index is 11.7. The lowest BCUT2D eigenvalue weighted by molar-refractivity contribution is 0.0948. The smallest absolute Gasteiger partial charge is 0.251 e. The standard InChI is InChI=1S/C10H12BrN3O3/c1-5(9(12)14-17)13-10(16)6-2-3-7(11)8(15)4-6/h2-5,15,17H,1H3,(H2,12,14)(H,13,16). The molecule has 0 radical (unpaired) electrons. The van der Waals surface area contributed by atoms with Gasteiger partial charge in [-0.1, -0.05) is 5.16 Å². The number of phenols is 1. The van der Waals surface area contributed by atoms with Crippen molar-refractivity contribution in [2.45, 2.75) is 13.0 Å². The Morgan fingerprint density at radius 3 is 2.76 bits per heavy atom. The number of aromatic hydroxyl groups is 1. The largest absolute Gasteiger partial charge is 0.507 e. The molecule has 0 aromatic heterocycles. The van der Waals surface area contributed by atoms with Gasteiger partial charge >= 0.3 is 0 Å². The number of halogens is 1. The first-order valence-electron chi connectivity index (χ1n) is 4.72. The molecule has 1 rings (SSSR count). The Morgan fingerprint density at radius 2 is 2.24 bits per heavy atom. The summed E-state index contributed by atoms with van der Waals surface area (Å²) in [6.45, 7) is 1.58. The normalized spacial score (nSPS) is 13.2. The number of phenolic OH excluding ortho intramolecular Hbond substituents is 1. The van der Waals surface area contributed by atoms with Gasteiger partial charge in [0.1, 0.15) is 5.75 Å². The summed E-state index contributed by atoms with van der Waals surface area (Å²) in [5, 5.41) is 23.2. The summed E-state index contributed by atoms with van der Waals surface area (Å²) >= 11 is 3.11. The van der Waals surface area contributed by atoms with Crippen LogP contribution in [0, 0.1) is 0 Å². The van der Waals surface area contributed by atoms with Crippen molar-refractivity contribution in [3.63, 3.8) is 0 Å². The number of hydrogen-bond donors (Lipinski definition) is 4. The van der Waals surface area contributed by atoms with Crippen molar-refractivity contribution in [2.24, 2.45) is 10.9 Å². The lowest BCUT2D eigenvalue weighted by Crippen LogP contribution is -2.42. The molecule has 0 aliphatic rings. The second kappa shape index (κ2) is 5.53. The molecular formula is C10H12BrN3O3. The fourth-order valence-electron chi connectivity index (χ4n) is 1.09. The van der Waals surface area contributed by atoms with E-state index in [-0.39, 0.29) is 17.1 Å². The summed E-state index contributed by atoms with van der Waals surface area (Å²) in [5.74, 6) is -0.555. The van der Waals surface area contributed by atoms with Crippen LogP contribution < -0.4 is 11.1 Å². The molecule has 0 heterocycles. The molecule has 6 nitrogen and oxygen atoms in total. The Morgan fingerprint density at radius 1 is 1.59 bits per heavy atom. The van der Waals surface area contributed by atoms with Gasteiger partial charge in [0.15, 0.2) is 5.84 Å². The first kappa shape index (κ1) is 13.3. The van der Waals surface area contributed by atoms with E-state index in [0.717, 1.165) is 0 Å². The number of nitrogens with two attached hydrogens (primary N) is 1. The molecule has 17 heavy (non-hydrogen) atoms. The van der Waals surface area contributed by atoms with E-state index >= 15 is 0 Å². The Kier molecular flexibility index (Phi) is 4.33. The number of nitrogens with one attached hydrogen (secondary N) is 1. The molecule has 0 fully saturated rings. The predicted octanol–water partition coefficient (Wildman–Crippen LogP) is 1.02. The zero-order valence-electron chi connectivity index (χ0n) is 9.01. The van der Waals surface area contributed by atoms with Gasteiger partial charge in [0.25, 0.3) is 5.91 Å². The van der Waals surface area contributed by atoms with Crippen molar-refractivity contribution in [2.75, 3.05) is 0 Å². The van der Waals surface area contributed by atoms with Crippen LogP contribution in [0.4, 0.5) is 0 Å². The van der Waals surface area contributed by atoms with Crippen molar-refractivity contribution in [3.8, 4) is 5.75 Å². The zero-order valence-corrected chi connectivity index (χ0v) is 10.6. The van der Waals surface area contributed by atoms with Crippen molar-refractivity contribution >= 4 is 27.7 Å². The van der Waals surface area contributed by atoms with Crippen LogP contribution in [0.15, 0.2) is 27.8 Å². The molecular weight excluding hydrogens is 290 g/mol. The van der Waals surface area contributed by atoms with Crippen molar-refractivity contribution in [1.82, 2.24) is 5.32 Å². The summed E-state index contributed by atoms with van der Waals surface area (Å²) in [6, 6.07) is 3.81. The second-order valence-corrected chi connectivity index (χ2v) is 4.24. The number of amidine groups is 1. The van der Waals surface area contributed by atoms with E-state index in [9.17, 15) is 9.90 Å². The van der Waals surface area contributed by atoms with Crippen LogP contribution >= 0.6 is 15.9 Å². The third-order valence-corrected chi connectivity index (χ3v) is 2.79. The van der Waals surface area contributed by atoms with E-state index in [1.807, 2.05) is 0 Å². The topological polar surface area (TPSA) is 108 Å². The van der Waals surface area contributed by atoms with Crippen molar-refractivity contribution in [1.29, 1.82) is 0 Å². The molecule has 1 aromatic rings. The molecule has 1 unspecified atom stereocenters. The molecule has 1 atom stereocenters. The molecule has 1 aromatic carbocycles. The van der Waals surface area contributed by atoms with Gasteiger partial charge in [-0.25, -0.2) is 0 Å². The van der Waals surface area contributed by atoms with E-state index in [2.05, 4.69) is 26.4 Å². The van der Waals surface area contributed by atoms with Crippen LogP contribution in [0.3, 0.4) is 0 Å². The van der Waals surface area contributed by atoms with Crippen LogP contribution in [0.5, 0.6) is 5.75 Å². The minimum atomic E-state index is -0.599. The molecule has 7 heteroatoms. The van der Waals surface area contributed by atoms with Gasteiger partial charge in [-0.2, -0.15) is 0 Å². The van der Waals surface area contributed by atoms with Gasteiger partial charge in [-0.15, -0.1) is 0 Å². The number of oxime groups is 1. The number of amides is 1. The first-order chi connectivity index (χ1) is 7.95. The lowest BCUT2D eigenvalue weighted by atomic mass is 10.2. The van der Waals surface area contributed by atoms with Crippen molar-refractivity contribution < 1.29 is 15.1 Å². The average molecular weight is 302 g/mol. The Bertz CT molecular complexity index is 462. The van der Waals surface area contributed by atoms with E-state index < -0.39 is 11.9 Å². The quantitative estimate of drug-likeness (QED) is 0.289. The fourth-order valence-corrected chi connectivity index (χ4v) is 1.34. The number of rotatable bonds is 3. The lowest BCUT2D eigenvalue weighted by Gasteiger charge is -2.12. The summed E-state index contributed by atoms with van der Waals surface area (Å²) in [5.41, 5.74) is 5.61. The van der Waals surface area contributed by atoms with Crippen LogP contribution in [0.2, 0.25) is 0 Å². The summed E-state index contributed by atoms with van der Waals surface area (Å²) in [7, 11) is 0. The van der Waals surface area contributed by atoms with E-state index in [1.54, 1.807) is 13.0 Å². The third-order valence-electron chi connectivity index (χ3n) is 2.12. The number of benzene rings is 1. The highest BCUT2D eigenvalue weighted by atomic mass is 79.9. The summed E-state index contributed by atoms with van der Waals surface area (Å²) in [4.78, 5) is 11.7. The van der Waals surface area contributed by atoms with Crippen LogP contribution in [0.1, 0.15) is 17.3 Å². The Balaban J connectivity index is 2.80. The maximum Gasteiger partial charge on any atom is 0.251 e. The maximum atomic E-state index is 11.7. The Labute approximate surface area is 106 Å². The molecule has 0 saturated heterocycles. The number of hydrogen-bond acceptors (Lipinski definition) is 4. The van der Waals surface area contributed by atoms with Gasteiger partial charge in [0.05, 0.1) is 10.5 Å². The molecule has 0 aliphatic heterocycles. The summed E-state index contributed by atoms with van der Waals surface area (Å²) in [6.07, 6.45) is 0. The van der Waals surface area contributed by atoms with Gasteiger partial charge in [0, 0.05) is 5.56 Å². The Hall–Kier alpha value is -1.76. The third kappa shape index (κ3) is 3.35. The number of carbonyl (C=O) groups is 1. The first-order valence-corrected chi connectivity index (χ1v) is 5.51. The van der Waals surface area contributed by atoms with E-state index in [4.69, 9.17) is 10.9 Å². The molecule has 0 spiro atoms. The molecule has 5 N–H and O–H groups in total. The minimum absolute atomic E-state index is 0.0332. The second-order valence-electron chi connectivity index (χ2n) is 3.39. The predicted molar refractivity (Wildman–Crippen MR) is 66.1 cm³/mol. The van der Waals surface area contributed by atoms with E-state index in [1.165, 1.54) is 12.1 Å². The van der Waals surface area contributed by atoms with Gasteiger partial charge in [-0.3, -0.25) is 4.79 Å².